The molecule has 2 amide bonds. The molecule has 0 bridgehead atoms. The molecule has 0 radical (unpaired) electrons. The maximum atomic E-state index is 13.1. The molecule has 0 aromatic heterocycles. The smallest absolute Gasteiger partial charge is 0.407 e. The number of nitrogens with one attached hydrogen (secondary N) is 1. The summed E-state index contributed by atoms with van der Waals surface area (Å²) in [4.78, 5) is 24.5. The van der Waals surface area contributed by atoms with E-state index in [9.17, 15) is 19.1 Å². The van der Waals surface area contributed by atoms with Crippen molar-refractivity contribution in [3.8, 4) is 0 Å². The molecule has 1 aromatic rings. The predicted octanol–water partition coefficient (Wildman–Crippen LogP) is 1.26. The molecule has 1 fully saturated rings. The zero-order valence-corrected chi connectivity index (χ0v) is 12.0. The van der Waals surface area contributed by atoms with E-state index in [-0.39, 0.29) is 18.0 Å². The van der Waals surface area contributed by atoms with E-state index >= 15 is 0 Å². The van der Waals surface area contributed by atoms with Gasteiger partial charge in [0.05, 0.1) is 0 Å². The summed E-state index contributed by atoms with van der Waals surface area (Å²) in [6, 6.07) is 3.82. The van der Waals surface area contributed by atoms with Crippen LogP contribution in [0, 0.1) is 5.82 Å². The van der Waals surface area contributed by atoms with Gasteiger partial charge in [0.1, 0.15) is 5.82 Å². The van der Waals surface area contributed by atoms with E-state index in [2.05, 4.69) is 5.32 Å². The molecule has 1 aromatic carbocycles. The van der Waals surface area contributed by atoms with Crippen molar-refractivity contribution in [2.45, 2.75) is 18.8 Å². The first-order valence-electron chi connectivity index (χ1n) is 6.20. The van der Waals surface area contributed by atoms with Crippen LogP contribution in [-0.4, -0.2) is 41.4 Å². The number of nitrogens with zero attached hydrogens (tertiary/aromatic N) is 1. The highest BCUT2D eigenvalue weighted by atomic mass is 35.5. The van der Waals surface area contributed by atoms with Crippen molar-refractivity contribution < 1.29 is 23.8 Å². The van der Waals surface area contributed by atoms with Gasteiger partial charge in [-0.15, -0.1) is 0 Å². The molecule has 1 saturated heterocycles. The zero-order chi connectivity index (χ0) is 15.6. The lowest BCUT2D eigenvalue weighted by atomic mass is 10.2. The third-order valence-corrected chi connectivity index (χ3v) is 3.31. The van der Waals surface area contributed by atoms with Crippen LogP contribution < -0.4 is 5.32 Å². The molecule has 8 heteroatoms. The quantitative estimate of drug-likeness (QED) is 0.823. The van der Waals surface area contributed by atoms with Crippen LogP contribution in [0.3, 0.4) is 0 Å². The molecule has 0 saturated carbocycles. The van der Waals surface area contributed by atoms with Gasteiger partial charge < -0.3 is 20.1 Å². The van der Waals surface area contributed by atoms with Crippen molar-refractivity contribution in [1.29, 1.82) is 0 Å². The van der Waals surface area contributed by atoms with E-state index in [1.165, 1.54) is 24.1 Å². The van der Waals surface area contributed by atoms with Crippen molar-refractivity contribution in [3.05, 3.63) is 34.6 Å². The highest BCUT2D eigenvalue weighted by Gasteiger charge is 2.47. The minimum atomic E-state index is -2.14. The van der Waals surface area contributed by atoms with Crippen molar-refractivity contribution >= 4 is 23.6 Å². The number of ether oxygens (including phenoxy) is 1. The molecule has 2 N–H and O–H groups in total. The number of halogens is 2. The van der Waals surface area contributed by atoms with Gasteiger partial charge in [-0.1, -0.05) is 11.6 Å². The van der Waals surface area contributed by atoms with Gasteiger partial charge in [-0.05, 0) is 23.8 Å². The summed E-state index contributed by atoms with van der Waals surface area (Å²) in [7, 11) is 1.50. The second-order valence-corrected chi connectivity index (χ2v) is 5.22. The van der Waals surface area contributed by atoms with Crippen LogP contribution in [0.1, 0.15) is 12.0 Å². The van der Waals surface area contributed by atoms with Gasteiger partial charge in [0.15, 0.2) is 0 Å². The summed E-state index contributed by atoms with van der Waals surface area (Å²) >= 11 is 5.69. The largest absolute Gasteiger partial charge is 0.410 e. The Morgan fingerprint density at radius 1 is 1.57 bits per heavy atom. The fourth-order valence-electron chi connectivity index (χ4n) is 2.00. The van der Waals surface area contributed by atoms with E-state index < -0.39 is 23.6 Å². The lowest BCUT2D eigenvalue weighted by Gasteiger charge is -2.20. The van der Waals surface area contributed by atoms with Crippen LogP contribution in [0.5, 0.6) is 0 Å². The summed E-state index contributed by atoms with van der Waals surface area (Å²) in [5, 5.41) is 12.5. The molecule has 1 heterocycles. The monoisotopic (exact) mass is 316 g/mol. The van der Waals surface area contributed by atoms with Crippen LogP contribution in [-0.2, 0) is 16.1 Å². The van der Waals surface area contributed by atoms with E-state index in [0.29, 0.717) is 12.1 Å². The lowest BCUT2D eigenvalue weighted by molar-refractivity contribution is -0.181. The first-order valence-corrected chi connectivity index (χ1v) is 6.58. The number of hydrogen-bond donors (Lipinski definition) is 2. The Morgan fingerprint density at radius 2 is 2.29 bits per heavy atom. The van der Waals surface area contributed by atoms with Crippen molar-refractivity contribution in [2.24, 2.45) is 0 Å². The average molecular weight is 317 g/mol. The van der Waals surface area contributed by atoms with Gasteiger partial charge in [-0.2, -0.15) is 0 Å². The Hall–Kier alpha value is -1.86. The predicted molar refractivity (Wildman–Crippen MR) is 71.9 cm³/mol. The zero-order valence-electron chi connectivity index (χ0n) is 11.2. The second kappa shape index (κ2) is 5.87. The second-order valence-electron chi connectivity index (χ2n) is 4.78. The summed E-state index contributed by atoms with van der Waals surface area (Å²) in [5.74, 6) is -3.34. The molecule has 0 spiro atoms. The molecule has 21 heavy (non-hydrogen) atoms. The molecule has 0 unspecified atom stereocenters. The molecular weight excluding hydrogens is 303 g/mol. The molecule has 2 rings (SSSR count). The lowest BCUT2D eigenvalue weighted by Crippen LogP contribution is -2.45. The molecule has 1 atom stereocenters. The highest BCUT2D eigenvalue weighted by Crippen LogP contribution is 2.23. The van der Waals surface area contributed by atoms with Gasteiger partial charge in [-0.25, -0.2) is 9.18 Å². The number of likely N-dealkylation sites (N-methyl/N-ethyl adjacent to an activating group) is 1. The normalized spacial score (nSPS) is 21.5. The first kappa shape index (κ1) is 15.5. The van der Waals surface area contributed by atoms with E-state index in [1.807, 2.05) is 0 Å². The van der Waals surface area contributed by atoms with E-state index in [1.54, 1.807) is 0 Å². The number of aliphatic hydroxyl groups is 1. The molecular formula is C13H14ClFN2O4. The third kappa shape index (κ3) is 3.62. The fraction of sp³-hybridized carbons (Fsp3) is 0.385. The maximum absolute atomic E-state index is 13.1. The Kier molecular flexibility index (Phi) is 4.34. The SMILES string of the molecule is CN1CC[C@@](O)(OC(=O)NCc2cc(F)cc(Cl)c2)C1=O. The number of likely N-dealkylation sites (tertiary alicyclic amines) is 1. The topological polar surface area (TPSA) is 78.9 Å². The average Bonchev–Trinajstić information content (AvgIpc) is 2.63. The van der Waals surface area contributed by atoms with Gasteiger partial charge in [-0.3, -0.25) is 4.79 Å². The van der Waals surface area contributed by atoms with Crippen LogP contribution >= 0.6 is 11.6 Å². The highest BCUT2D eigenvalue weighted by molar-refractivity contribution is 6.30. The number of amides is 2. The molecule has 114 valence electrons. The number of carbonyl (C=O) groups excluding carboxylic acids is 2. The fourth-order valence-corrected chi connectivity index (χ4v) is 2.24. The number of rotatable bonds is 3. The minimum absolute atomic E-state index is 0.00153. The Bertz CT molecular complexity index is 563. The first-order chi connectivity index (χ1) is 9.80. The van der Waals surface area contributed by atoms with Crippen LogP contribution in [0.15, 0.2) is 18.2 Å². The number of alkyl carbamates (subject to hydrolysis) is 1. The number of benzene rings is 1. The molecule has 0 aliphatic carbocycles. The number of carbonyl (C=O) groups is 2. The third-order valence-electron chi connectivity index (χ3n) is 3.09. The van der Waals surface area contributed by atoms with Gasteiger partial charge in [0.2, 0.25) is 0 Å². The van der Waals surface area contributed by atoms with Gasteiger partial charge in [0.25, 0.3) is 11.7 Å². The van der Waals surface area contributed by atoms with Crippen molar-refractivity contribution in [2.75, 3.05) is 13.6 Å². The Balaban J connectivity index is 1.92. The maximum Gasteiger partial charge on any atom is 0.410 e. The molecule has 1 aliphatic heterocycles. The van der Waals surface area contributed by atoms with E-state index in [0.717, 1.165) is 6.07 Å². The summed E-state index contributed by atoms with van der Waals surface area (Å²) in [6.45, 7) is 0.249. The van der Waals surface area contributed by atoms with Gasteiger partial charge in [0, 0.05) is 31.6 Å². The summed E-state index contributed by atoms with van der Waals surface area (Å²) < 4.78 is 17.9. The van der Waals surface area contributed by atoms with Crippen molar-refractivity contribution in [1.82, 2.24) is 10.2 Å². The van der Waals surface area contributed by atoms with E-state index in [4.69, 9.17) is 16.3 Å². The molecule has 6 nitrogen and oxygen atoms in total. The Morgan fingerprint density at radius 3 is 2.86 bits per heavy atom. The van der Waals surface area contributed by atoms with Crippen molar-refractivity contribution in [3.63, 3.8) is 0 Å². The van der Waals surface area contributed by atoms with Crippen LogP contribution in [0.2, 0.25) is 5.02 Å². The minimum Gasteiger partial charge on any atom is -0.407 e. The molecule has 1 aliphatic rings. The number of hydrogen-bond acceptors (Lipinski definition) is 4. The standard InChI is InChI=1S/C13H14ClFN2O4/c1-17-3-2-13(20,11(17)18)21-12(19)16-7-8-4-9(14)6-10(15)5-8/h4-6,20H,2-3,7H2,1H3,(H,16,19)/t13-/m1/s1. The Labute approximate surface area is 125 Å². The van der Waals surface area contributed by atoms with Crippen LogP contribution in [0.25, 0.3) is 0 Å². The summed E-state index contributed by atoms with van der Waals surface area (Å²) in [5.41, 5.74) is 0.429. The van der Waals surface area contributed by atoms with Crippen LogP contribution in [0.4, 0.5) is 9.18 Å². The van der Waals surface area contributed by atoms with Gasteiger partial charge >= 0.3 is 6.09 Å². The summed E-state index contributed by atoms with van der Waals surface area (Å²) in [6.07, 6.45) is -0.969.